The van der Waals surface area contributed by atoms with Gasteiger partial charge in [-0.05, 0) is 25.0 Å². The number of fused-ring (bicyclic) bond motifs is 1. The number of aryl methyl sites for hydroxylation is 2. The second-order valence-corrected chi connectivity index (χ2v) is 5.97. The van der Waals surface area contributed by atoms with Gasteiger partial charge in [-0.15, -0.1) is 0 Å². The molecule has 1 amide bonds. The molecule has 2 N–H and O–H groups in total. The smallest absolute Gasteiger partial charge is 0.225 e. The van der Waals surface area contributed by atoms with Gasteiger partial charge in [0.2, 0.25) is 5.91 Å². The number of nitrogens with one attached hydrogen (secondary N) is 1. The van der Waals surface area contributed by atoms with E-state index in [1.165, 1.54) is 0 Å². The van der Waals surface area contributed by atoms with Crippen LogP contribution in [0.3, 0.4) is 0 Å². The fourth-order valence-corrected chi connectivity index (χ4v) is 3.21. The standard InChI is InChI=1S/C17H21N3O2/c1-10-14(11(2)20(3)19-10)9-16(22)18-17-13-7-5-4-6-12(13)8-15(17)21/h4-7,15,17,21H,8-9H2,1-3H3,(H,18,22)/t15-,17+/m1/s1. The lowest BCUT2D eigenvalue weighted by Gasteiger charge is -2.18. The summed E-state index contributed by atoms with van der Waals surface area (Å²) in [5, 5.41) is 17.5. The van der Waals surface area contributed by atoms with Gasteiger partial charge in [-0.25, -0.2) is 0 Å². The normalized spacial score (nSPS) is 20.0. The van der Waals surface area contributed by atoms with Gasteiger partial charge >= 0.3 is 0 Å². The zero-order valence-electron chi connectivity index (χ0n) is 13.1. The highest BCUT2D eigenvalue weighted by atomic mass is 16.3. The number of rotatable bonds is 3. The largest absolute Gasteiger partial charge is 0.390 e. The van der Waals surface area contributed by atoms with E-state index in [0.29, 0.717) is 6.42 Å². The van der Waals surface area contributed by atoms with Gasteiger partial charge in [0.1, 0.15) is 0 Å². The van der Waals surface area contributed by atoms with Crippen molar-refractivity contribution in [1.29, 1.82) is 0 Å². The highest BCUT2D eigenvalue weighted by molar-refractivity contribution is 5.79. The predicted octanol–water partition coefficient (Wildman–Crippen LogP) is 1.35. The Labute approximate surface area is 130 Å². The summed E-state index contributed by atoms with van der Waals surface area (Å²) in [5.41, 5.74) is 4.96. The Kier molecular flexibility index (Phi) is 3.74. The molecule has 22 heavy (non-hydrogen) atoms. The summed E-state index contributed by atoms with van der Waals surface area (Å²) in [7, 11) is 1.88. The second kappa shape index (κ2) is 5.57. The maximum atomic E-state index is 12.4. The van der Waals surface area contributed by atoms with Gasteiger partial charge in [0.05, 0.1) is 24.3 Å². The fourth-order valence-electron chi connectivity index (χ4n) is 3.21. The molecule has 5 nitrogen and oxygen atoms in total. The van der Waals surface area contributed by atoms with Crippen molar-refractivity contribution in [2.45, 2.75) is 38.8 Å². The second-order valence-electron chi connectivity index (χ2n) is 5.97. The van der Waals surface area contributed by atoms with E-state index < -0.39 is 6.10 Å². The Morgan fingerprint density at radius 3 is 2.82 bits per heavy atom. The van der Waals surface area contributed by atoms with Gasteiger partial charge in [0.25, 0.3) is 0 Å². The quantitative estimate of drug-likeness (QED) is 0.899. The topological polar surface area (TPSA) is 67.2 Å². The molecule has 0 fully saturated rings. The van der Waals surface area contributed by atoms with Crippen LogP contribution < -0.4 is 5.32 Å². The molecule has 5 heteroatoms. The van der Waals surface area contributed by atoms with E-state index in [2.05, 4.69) is 10.4 Å². The molecule has 1 aliphatic carbocycles. The average Bonchev–Trinajstić information content (AvgIpc) is 2.91. The molecule has 0 radical (unpaired) electrons. The van der Waals surface area contributed by atoms with E-state index in [1.54, 1.807) is 4.68 Å². The molecule has 0 spiro atoms. The first-order chi connectivity index (χ1) is 10.5. The van der Waals surface area contributed by atoms with Crippen LogP contribution in [0.15, 0.2) is 24.3 Å². The minimum absolute atomic E-state index is 0.0834. The van der Waals surface area contributed by atoms with Crippen LogP contribution in [-0.4, -0.2) is 26.9 Å². The first-order valence-corrected chi connectivity index (χ1v) is 7.51. The van der Waals surface area contributed by atoms with Crippen molar-refractivity contribution in [2.24, 2.45) is 7.05 Å². The third kappa shape index (κ3) is 2.52. The Bertz CT molecular complexity index is 721. The highest BCUT2D eigenvalue weighted by Crippen LogP contribution is 2.31. The average molecular weight is 299 g/mol. The van der Waals surface area contributed by atoms with Gasteiger partial charge in [-0.3, -0.25) is 9.48 Å². The SMILES string of the molecule is Cc1nn(C)c(C)c1CC(=O)N[C@H]1c2ccccc2C[C@H]1O. The summed E-state index contributed by atoms with van der Waals surface area (Å²) in [4.78, 5) is 12.4. The molecule has 1 aliphatic rings. The van der Waals surface area contributed by atoms with Crippen molar-refractivity contribution < 1.29 is 9.90 Å². The molecule has 1 aromatic heterocycles. The zero-order chi connectivity index (χ0) is 15.9. The third-order valence-corrected chi connectivity index (χ3v) is 4.52. The minimum Gasteiger partial charge on any atom is -0.390 e. The van der Waals surface area contributed by atoms with Crippen LogP contribution >= 0.6 is 0 Å². The number of amides is 1. The Balaban J connectivity index is 1.75. The number of nitrogens with zero attached hydrogens (tertiary/aromatic N) is 2. The summed E-state index contributed by atoms with van der Waals surface area (Å²) >= 11 is 0. The van der Waals surface area contributed by atoms with Crippen molar-refractivity contribution in [2.75, 3.05) is 0 Å². The summed E-state index contributed by atoms with van der Waals surface area (Å²) in [6.45, 7) is 3.87. The third-order valence-electron chi connectivity index (χ3n) is 4.52. The van der Waals surface area contributed by atoms with Crippen LogP contribution in [0.4, 0.5) is 0 Å². The van der Waals surface area contributed by atoms with Crippen molar-refractivity contribution in [3.05, 3.63) is 52.3 Å². The minimum atomic E-state index is -0.558. The number of aromatic nitrogens is 2. The molecule has 0 bridgehead atoms. The van der Waals surface area contributed by atoms with Crippen molar-refractivity contribution in [1.82, 2.24) is 15.1 Å². The van der Waals surface area contributed by atoms with Crippen LogP contribution in [0.25, 0.3) is 0 Å². The van der Waals surface area contributed by atoms with Gasteiger partial charge in [-0.1, -0.05) is 24.3 Å². The van der Waals surface area contributed by atoms with Crippen LogP contribution in [0.5, 0.6) is 0 Å². The monoisotopic (exact) mass is 299 g/mol. The van der Waals surface area contributed by atoms with Gasteiger partial charge < -0.3 is 10.4 Å². The van der Waals surface area contributed by atoms with Crippen molar-refractivity contribution >= 4 is 5.91 Å². The number of hydrogen-bond acceptors (Lipinski definition) is 3. The molecular weight excluding hydrogens is 278 g/mol. The fraction of sp³-hybridized carbons (Fsp3) is 0.412. The van der Waals surface area contributed by atoms with E-state index in [-0.39, 0.29) is 18.4 Å². The Morgan fingerprint density at radius 2 is 2.14 bits per heavy atom. The molecular formula is C17H21N3O2. The summed E-state index contributed by atoms with van der Waals surface area (Å²) in [5.74, 6) is -0.0834. The Hall–Kier alpha value is -2.14. The number of aliphatic hydroxyl groups is 1. The van der Waals surface area contributed by atoms with E-state index in [1.807, 2.05) is 45.2 Å². The van der Waals surface area contributed by atoms with Crippen LogP contribution in [0, 0.1) is 13.8 Å². The van der Waals surface area contributed by atoms with E-state index in [0.717, 1.165) is 28.1 Å². The maximum absolute atomic E-state index is 12.4. The van der Waals surface area contributed by atoms with Crippen molar-refractivity contribution in [3.8, 4) is 0 Å². The maximum Gasteiger partial charge on any atom is 0.225 e. The lowest BCUT2D eigenvalue weighted by atomic mass is 10.1. The summed E-state index contributed by atoms with van der Waals surface area (Å²) in [6, 6.07) is 7.54. The summed E-state index contributed by atoms with van der Waals surface area (Å²) < 4.78 is 1.79. The molecule has 1 aromatic carbocycles. The van der Waals surface area contributed by atoms with Crippen LogP contribution in [0.1, 0.15) is 34.1 Å². The van der Waals surface area contributed by atoms with Crippen LogP contribution in [0.2, 0.25) is 0 Å². The zero-order valence-corrected chi connectivity index (χ0v) is 13.1. The van der Waals surface area contributed by atoms with E-state index in [9.17, 15) is 9.90 Å². The number of aliphatic hydroxyl groups excluding tert-OH is 1. The predicted molar refractivity (Wildman–Crippen MR) is 83.4 cm³/mol. The molecule has 2 aromatic rings. The number of carbonyl (C=O) groups excluding carboxylic acids is 1. The molecule has 116 valence electrons. The summed E-state index contributed by atoms with van der Waals surface area (Å²) in [6.07, 6.45) is 0.320. The Morgan fingerprint density at radius 1 is 1.41 bits per heavy atom. The van der Waals surface area contributed by atoms with Gasteiger partial charge in [0.15, 0.2) is 0 Å². The molecule has 0 unspecified atom stereocenters. The molecule has 1 heterocycles. The molecule has 3 rings (SSSR count). The van der Waals surface area contributed by atoms with Gasteiger partial charge in [0, 0.05) is 24.7 Å². The van der Waals surface area contributed by atoms with Gasteiger partial charge in [-0.2, -0.15) is 5.10 Å². The lowest BCUT2D eigenvalue weighted by Crippen LogP contribution is -2.35. The first kappa shape index (κ1) is 14.8. The highest BCUT2D eigenvalue weighted by Gasteiger charge is 2.32. The molecule has 0 saturated carbocycles. The van der Waals surface area contributed by atoms with E-state index >= 15 is 0 Å². The van der Waals surface area contributed by atoms with E-state index in [4.69, 9.17) is 0 Å². The first-order valence-electron chi connectivity index (χ1n) is 7.51. The number of carbonyl (C=O) groups is 1. The molecule has 2 atom stereocenters. The molecule has 0 aliphatic heterocycles. The number of benzene rings is 1. The molecule has 0 saturated heterocycles. The lowest BCUT2D eigenvalue weighted by molar-refractivity contribution is -0.122. The van der Waals surface area contributed by atoms with Crippen LogP contribution in [-0.2, 0) is 24.7 Å². The number of hydrogen-bond donors (Lipinski definition) is 2. The van der Waals surface area contributed by atoms with Crippen molar-refractivity contribution in [3.63, 3.8) is 0 Å².